The molecule has 1 aliphatic rings. The molecule has 86 valence electrons. The lowest BCUT2D eigenvalue weighted by atomic mass is 9.85. The van der Waals surface area contributed by atoms with Crippen LogP contribution < -0.4 is 0 Å². The van der Waals surface area contributed by atoms with Crippen molar-refractivity contribution in [2.45, 2.75) is 40.5 Å². The number of rotatable bonds is 3. The molecule has 0 spiro atoms. The topological polar surface area (TPSA) is 27.0 Å². The lowest BCUT2D eigenvalue weighted by Crippen LogP contribution is -2.40. The van der Waals surface area contributed by atoms with Gasteiger partial charge in [-0.05, 0) is 51.6 Å². The molecule has 0 aromatic heterocycles. The maximum absolute atomic E-state index is 8.99. The zero-order valence-corrected chi connectivity index (χ0v) is 10.6. The van der Waals surface area contributed by atoms with Crippen LogP contribution in [0.15, 0.2) is 0 Å². The van der Waals surface area contributed by atoms with E-state index in [4.69, 9.17) is 5.26 Å². The van der Waals surface area contributed by atoms with Gasteiger partial charge in [0.2, 0.25) is 0 Å². The highest BCUT2D eigenvalue weighted by atomic mass is 15.1. The minimum Gasteiger partial charge on any atom is -0.302 e. The van der Waals surface area contributed by atoms with E-state index in [1.54, 1.807) is 0 Å². The second kappa shape index (κ2) is 4.99. The van der Waals surface area contributed by atoms with Crippen molar-refractivity contribution in [1.29, 1.82) is 5.26 Å². The van der Waals surface area contributed by atoms with Crippen LogP contribution in [0.5, 0.6) is 0 Å². The molecular formula is C13H24N2. The van der Waals surface area contributed by atoms with Gasteiger partial charge in [0, 0.05) is 6.54 Å². The van der Waals surface area contributed by atoms with Crippen molar-refractivity contribution in [3.05, 3.63) is 0 Å². The molecule has 0 bridgehead atoms. The lowest BCUT2D eigenvalue weighted by Gasteiger charge is -2.36. The number of hydrogen-bond acceptors (Lipinski definition) is 2. The molecular weight excluding hydrogens is 184 g/mol. The van der Waals surface area contributed by atoms with E-state index in [0.29, 0.717) is 0 Å². The molecule has 1 heterocycles. The average molecular weight is 208 g/mol. The van der Waals surface area contributed by atoms with E-state index in [0.717, 1.165) is 18.4 Å². The van der Waals surface area contributed by atoms with Crippen LogP contribution in [0.25, 0.3) is 0 Å². The maximum atomic E-state index is 8.99. The van der Waals surface area contributed by atoms with Crippen LogP contribution in [0.3, 0.4) is 0 Å². The number of nitrogens with zero attached hydrogens (tertiary/aromatic N) is 2. The number of piperidine rings is 1. The van der Waals surface area contributed by atoms with Crippen molar-refractivity contribution in [2.75, 3.05) is 19.6 Å². The molecule has 0 aromatic rings. The molecule has 0 atom stereocenters. The summed E-state index contributed by atoms with van der Waals surface area (Å²) in [7, 11) is 0. The first-order valence-corrected chi connectivity index (χ1v) is 6.08. The Bertz CT molecular complexity index is 229. The lowest BCUT2D eigenvalue weighted by molar-refractivity contribution is 0.131. The number of likely N-dealkylation sites (tertiary alicyclic amines) is 1. The van der Waals surface area contributed by atoms with Crippen LogP contribution in [0.1, 0.15) is 40.5 Å². The Kier molecular flexibility index (Phi) is 4.16. The fourth-order valence-electron chi connectivity index (χ4n) is 2.37. The van der Waals surface area contributed by atoms with Gasteiger partial charge >= 0.3 is 0 Å². The normalized spacial score (nSPS) is 20.5. The highest BCUT2D eigenvalue weighted by Crippen LogP contribution is 2.26. The third kappa shape index (κ3) is 3.83. The summed E-state index contributed by atoms with van der Waals surface area (Å²) in [6, 6.07) is 2.38. The van der Waals surface area contributed by atoms with Crippen LogP contribution >= 0.6 is 0 Å². The predicted molar refractivity (Wildman–Crippen MR) is 63.4 cm³/mol. The summed E-state index contributed by atoms with van der Waals surface area (Å²) in [4.78, 5) is 2.45. The molecule has 0 unspecified atom stereocenters. The van der Waals surface area contributed by atoms with Crippen LogP contribution in [0, 0.1) is 28.6 Å². The van der Waals surface area contributed by atoms with Gasteiger partial charge < -0.3 is 4.90 Å². The summed E-state index contributed by atoms with van der Waals surface area (Å²) in [5.74, 6) is 1.71. The number of hydrogen-bond donors (Lipinski definition) is 0. The Morgan fingerprint density at radius 2 is 1.87 bits per heavy atom. The monoisotopic (exact) mass is 208 g/mol. The van der Waals surface area contributed by atoms with Gasteiger partial charge in [-0.15, -0.1) is 0 Å². The Hall–Kier alpha value is -0.550. The maximum Gasteiger partial charge on any atom is 0.0697 e. The molecule has 0 amide bonds. The summed E-state index contributed by atoms with van der Waals surface area (Å²) >= 11 is 0. The van der Waals surface area contributed by atoms with Crippen LogP contribution in [0.4, 0.5) is 0 Å². The fourth-order valence-corrected chi connectivity index (χ4v) is 2.37. The highest BCUT2D eigenvalue weighted by molar-refractivity contribution is 4.94. The molecule has 0 aromatic carbocycles. The van der Waals surface area contributed by atoms with Crippen molar-refractivity contribution in [3.63, 3.8) is 0 Å². The summed E-state index contributed by atoms with van der Waals surface area (Å²) < 4.78 is 0. The van der Waals surface area contributed by atoms with Crippen molar-refractivity contribution in [3.8, 4) is 6.07 Å². The van der Waals surface area contributed by atoms with E-state index in [9.17, 15) is 0 Å². The molecule has 1 saturated heterocycles. The molecule has 1 aliphatic heterocycles. The third-order valence-electron chi connectivity index (χ3n) is 3.50. The van der Waals surface area contributed by atoms with Gasteiger partial charge in [0.1, 0.15) is 0 Å². The molecule has 0 radical (unpaired) electrons. The largest absolute Gasteiger partial charge is 0.302 e. The molecule has 1 rings (SSSR count). The molecule has 0 aliphatic carbocycles. The molecule has 1 fully saturated rings. The molecule has 0 N–H and O–H groups in total. The second-order valence-electron chi connectivity index (χ2n) is 5.85. The van der Waals surface area contributed by atoms with Gasteiger partial charge in [-0.25, -0.2) is 0 Å². The summed E-state index contributed by atoms with van der Waals surface area (Å²) in [5.41, 5.74) is -0.190. The Balaban J connectivity index is 2.36. The zero-order chi connectivity index (χ0) is 11.5. The van der Waals surface area contributed by atoms with E-state index in [-0.39, 0.29) is 5.41 Å². The average Bonchev–Trinajstić information content (AvgIpc) is 2.18. The Labute approximate surface area is 94.3 Å². The molecule has 15 heavy (non-hydrogen) atoms. The molecule has 2 nitrogen and oxygen atoms in total. The molecule has 0 saturated carbocycles. The van der Waals surface area contributed by atoms with Gasteiger partial charge in [-0.1, -0.05) is 13.8 Å². The van der Waals surface area contributed by atoms with E-state index in [2.05, 4.69) is 24.8 Å². The van der Waals surface area contributed by atoms with Gasteiger partial charge in [-0.3, -0.25) is 0 Å². The number of nitriles is 1. The van der Waals surface area contributed by atoms with Gasteiger partial charge in [0.15, 0.2) is 0 Å². The van der Waals surface area contributed by atoms with Crippen molar-refractivity contribution >= 4 is 0 Å². The van der Waals surface area contributed by atoms with E-state index in [1.807, 2.05) is 13.8 Å². The van der Waals surface area contributed by atoms with Crippen LogP contribution in [-0.2, 0) is 0 Å². The zero-order valence-electron chi connectivity index (χ0n) is 10.6. The third-order valence-corrected chi connectivity index (χ3v) is 3.50. The van der Waals surface area contributed by atoms with Crippen molar-refractivity contribution < 1.29 is 0 Å². The van der Waals surface area contributed by atoms with E-state index < -0.39 is 0 Å². The smallest absolute Gasteiger partial charge is 0.0697 e. The Morgan fingerprint density at radius 3 is 2.27 bits per heavy atom. The highest BCUT2D eigenvalue weighted by Gasteiger charge is 2.26. The SMILES string of the molecule is CC(C)C1CCN(CC(C)(C)C#N)CC1. The summed E-state index contributed by atoms with van der Waals surface area (Å²) in [6.07, 6.45) is 2.61. The van der Waals surface area contributed by atoms with E-state index in [1.165, 1.54) is 25.9 Å². The van der Waals surface area contributed by atoms with Gasteiger partial charge in [0.05, 0.1) is 11.5 Å². The first-order valence-electron chi connectivity index (χ1n) is 6.08. The van der Waals surface area contributed by atoms with Crippen LogP contribution in [0.2, 0.25) is 0 Å². The first-order chi connectivity index (χ1) is 6.94. The summed E-state index contributed by atoms with van der Waals surface area (Å²) in [5, 5.41) is 8.99. The van der Waals surface area contributed by atoms with Crippen LogP contribution in [-0.4, -0.2) is 24.5 Å². The quantitative estimate of drug-likeness (QED) is 0.713. The Morgan fingerprint density at radius 1 is 1.33 bits per heavy atom. The second-order valence-corrected chi connectivity index (χ2v) is 5.85. The minimum atomic E-state index is -0.190. The van der Waals surface area contributed by atoms with Gasteiger partial charge in [-0.2, -0.15) is 5.26 Å². The summed E-state index contributed by atoms with van der Waals surface area (Å²) in [6.45, 7) is 12.0. The molecule has 2 heteroatoms. The predicted octanol–water partition coefficient (Wildman–Crippen LogP) is 2.90. The minimum absolute atomic E-state index is 0.190. The first kappa shape index (κ1) is 12.5. The van der Waals surface area contributed by atoms with Crippen molar-refractivity contribution in [2.24, 2.45) is 17.3 Å². The van der Waals surface area contributed by atoms with E-state index >= 15 is 0 Å². The van der Waals surface area contributed by atoms with Gasteiger partial charge in [0.25, 0.3) is 0 Å². The fraction of sp³-hybridized carbons (Fsp3) is 0.923. The van der Waals surface area contributed by atoms with Crippen molar-refractivity contribution in [1.82, 2.24) is 4.90 Å². The standard InChI is InChI=1S/C13H24N2/c1-11(2)12-5-7-15(8-6-12)10-13(3,4)9-14/h11-12H,5-8,10H2,1-4H3.